The van der Waals surface area contributed by atoms with E-state index in [0.29, 0.717) is 51.1 Å². The first-order chi connectivity index (χ1) is 20.2. The Balaban J connectivity index is 1.63. The summed E-state index contributed by atoms with van der Waals surface area (Å²) in [5, 5.41) is 6.21. The zero-order chi connectivity index (χ0) is 30.0. The SMILES string of the molecule is CNC(=O)c1c(-c2ccc(F)cc2)oc2ccc(-c3ccc(-c4ccc(C(N)=O)nc4)c(C(=O)NCC(C)C)c3)cc12. The Hall–Kier alpha value is -5.31. The molecule has 5 aromatic rings. The molecule has 42 heavy (non-hydrogen) atoms. The summed E-state index contributed by atoms with van der Waals surface area (Å²) >= 11 is 0. The number of halogens is 1. The van der Waals surface area contributed by atoms with Crippen molar-refractivity contribution in [2.75, 3.05) is 13.6 Å². The summed E-state index contributed by atoms with van der Waals surface area (Å²) in [5.74, 6) is -1.05. The highest BCUT2D eigenvalue weighted by molar-refractivity contribution is 6.12. The Morgan fingerprint density at radius 2 is 1.55 bits per heavy atom. The zero-order valence-electron chi connectivity index (χ0n) is 23.3. The minimum atomic E-state index is -0.639. The number of hydrogen-bond acceptors (Lipinski definition) is 5. The van der Waals surface area contributed by atoms with E-state index in [-0.39, 0.29) is 23.4 Å². The standard InChI is InChI=1S/C33H29FN4O4/c1-18(2)16-38-32(40)25-14-20(6-11-24(25)22-7-12-27(31(35)39)37-17-22)21-8-13-28-26(15-21)29(33(41)36-3)30(42-28)19-4-9-23(34)10-5-19/h4-15,17-18H,16H2,1-3H3,(H2,35,39)(H,36,41)(H,38,40). The Morgan fingerprint density at radius 3 is 2.19 bits per heavy atom. The maximum atomic E-state index is 13.6. The zero-order valence-corrected chi connectivity index (χ0v) is 23.3. The molecule has 0 unspecified atom stereocenters. The third-order valence-corrected chi connectivity index (χ3v) is 6.84. The third kappa shape index (κ3) is 5.62. The molecule has 3 aromatic carbocycles. The second kappa shape index (κ2) is 11.7. The molecule has 4 N–H and O–H groups in total. The van der Waals surface area contributed by atoms with Crippen molar-refractivity contribution in [3.8, 4) is 33.6 Å². The number of nitrogens with zero attached hydrogens (tertiary/aromatic N) is 1. The van der Waals surface area contributed by atoms with Crippen LogP contribution in [0.3, 0.4) is 0 Å². The van der Waals surface area contributed by atoms with Crippen molar-refractivity contribution < 1.29 is 23.2 Å². The van der Waals surface area contributed by atoms with Crippen LogP contribution in [0, 0.1) is 11.7 Å². The lowest BCUT2D eigenvalue weighted by Crippen LogP contribution is -2.27. The number of benzene rings is 3. The molecule has 5 rings (SSSR count). The molecule has 0 aliphatic rings. The van der Waals surface area contributed by atoms with Gasteiger partial charge in [-0.25, -0.2) is 4.39 Å². The van der Waals surface area contributed by atoms with E-state index in [0.717, 1.165) is 11.1 Å². The number of carbonyl (C=O) groups excluding carboxylic acids is 3. The maximum absolute atomic E-state index is 13.6. The molecule has 0 spiro atoms. The third-order valence-electron chi connectivity index (χ3n) is 6.84. The highest BCUT2D eigenvalue weighted by Gasteiger charge is 2.23. The molecule has 0 fully saturated rings. The molecule has 0 saturated heterocycles. The Kier molecular flexibility index (Phi) is 7.84. The van der Waals surface area contributed by atoms with E-state index in [9.17, 15) is 18.8 Å². The van der Waals surface area contributed by atoms with E-state index in [2.05, 4.69) is 15.6 Å². The Bertz CT molecular complexity index is 1810. The molecule has 0 aliphatic carbocycles. The molecule has 0 radical (unpaired) electrons. The topological polar surface area (TPSA) is 127 Å². The van der Waals surface area contributed by atoms with Crippen LogP contribution in [0.4, 0.5) is 4.39 Å². The van der Waals surface area contributed by atoms with Crippen molar-refractivity contribution >= 4 is 28.7 Å². The summed E-state index contributed by atoms with van der Waals surface area (Å²) in [6, 6.07) is 19.9. The van der Waals surface area contributed by atoms with Crippen LogP contribution in [0.1, 0.15) is 45.1 Å². The maximum Gasteiger partial charge on any atom is 0.267 e. The number of amides is 3. The molecule has 2 heterocycles. The predicted octanol–water partition coefficient (Wildman–Crippen LogP) is 5.81. The average Bonchev–Trinajstić information content (AvgIpc) is 3.38. The minimum absolute atomic E-state index is 0.126. The highest BCUT2D eigenvalue weighted by Crippen LogP contribution is 2.37. The first kappa shape index (κ1) is 28.2. The van der Waals surface area contributed by atoms with Crippen LogP contribution in [0.5, 0.6) is 0 Å². The van der Waals surface area contributed by atoms with Gasteiger partial charge in [0.2, 0.25) is 0 Å². The van der Waals surface area contributed by atoms with Gasteiger partial charge in [0.25, 0.3) is 17.7 Å². The van der Waals surface area contributed by atoms with E-state index in [1.807, 2.05) is 38.1 Å². The number of furan rings is 1. The molecular weight excluding hydrogens is 535 g/mol. The highest BCUT2D eigenvalue weighted by atomic mass is 19.1. The number of pyridine rings is 1. The van der Waals surface area contributed by atoms with Crippen LogP contribution in [0.25, 0.3) is 44.5 Å². The van der Waals surface area contributed by atoms with E-state index in [1.54, 1.807) is 30.3 Å². The fourth-order valence-corrected chi connectivity index (χ4v) is 4.69. The molecular formula is C33H29FN4O4. The van der Waals surface area contributed by atoms with Gasteiger partial charge in [0.1, 0.15) is 22.9 Å². The molecule has 0 atom stereocenters. The summed E-state index contributed by atoms with van der Waals surface area (Å²) in [6.07, 6.45) is 1.51. The van der Waals surface area contributed by atoms with Gasteiger partial charge in [-0.05, 0) is 71.1 Å². The van der Waals surface area contributed by atoms with Crippen LogP contribution >= 0.6 is 0 Å². The van der Waals surface area contributed by atoms with Crippen molar-refractivity contribution in [1.29, 1.82) is 0 Å². The lowest BCUT2D eigenvalue weighted by Gasteiger charge is -2.14. The monoisotopic (exact) mass is 564 g/mol. The van der Waals surface area contributed by atoms with E-state index < -0.39 is 11.7 Å². The molecule has 0 saturated carbocycles. The summed E-state index contributed by atoms with van der Waals surface area (Å²) < 4.78 is 19.6. The van der Waals surface area contributed by atoms with Gasteiger partial charge >= 0.3 is 0 Å². The normalized spacial score (nSPS) is 11.1. The van der Waals surface area contributed by atoms with Gasteiger partial charge in [-0.2, -0.15) is 0 Å². The number of rotatable bonds is 8. The van der Waals surface area contributed by atoms with Crippen LogP contribution in [0.15, 0.2) is 83.4 Å². The van der Waals surface area contributed by atoms with Gasteiger partial charge in [0, 0.05) is 41.9 Å². The van der Waals surface area contributed by atoms with Gasteiger partial charge < -0.3 is 20.8 Å². The number of nitrogens with two attached hydrogens (primary N) is 1. The number of primary amides is 1. The van der Waals surface area contributed by atoms with Crippen molar-refractivity contribution in [1.82, 2.24) is 15.6 Å². The van der Waals surface area contributed by atoms with E-state index in [1.165, 1.54) is 31.4 Å². The first-order valence-corrected chi connectivity index (χ1v) is 13.4. The second-order valence-corrected chi connectivity index (χ2v) is 10.3. The molecule has 2 aromatic heterocycles. The van der Waals surface area contributed by atoms with Gasteiger partial charge in [-0.15, -0.1) is 0 Å². The van der Waals surface area contributed by atoms with Crippen LogP contribution in [-0.2, 0) is 0 Å². The predicted molar refractivity (Wildman–Crippen MR) is 159 cm³/mol. The number of hydrogen-bond donors (Lipinski definition) is 3. The van der Waals surface area contributed by atoms with Crippen molar-refractivity contribution in [3.05, 3.63) is 102 Å². The summed E-state index contributed by atoms with van der Waals surface area (Å²) in [4.78, 5) is 42.0. The largest absolute Gasteiger partial charge is 0.455 e. The van der Waals surface area contributed by atoms with E-state index >= 15 is 0 Å². The number of carbonyl (C=O) groups is 3. The Labute approximate surface area is 241 Å². The molecule has 0 bridgehead atoms. The molecule has 9 heteroatoms. The van der Waals surface area contributed by atoms with Gasteiger partial charge in [0.15, 0.2) is 0 Å². The molecule has 212 valence electrons. The van der Waals surface area contributed by atoms with Crippen LogP contribution < -0.4 is 16.4 Å². The fourth-order valence-electron chi connectivity index (χ4n) is 4.69. The Morgan fingerprint density at radius 1 is 0.881 bits per heavy atom. The van der Waals surface area contributed by atoms with Gasteiger partial charge in [-0.3, -0.25) is 19.4 Å². The van der Waals surface area contributed by atoms with Crippen LogP contribution in [-0.4, -0.2) is 36.3 Å². The summed E-state index contributed by atoms with van der Waals surface area (Å²) in [5.41, 5.74) is 10.1. The average molecular weight is 565 g/mol. The summed E-state index contributed by atoms with van der Waals surface area (Å²) in [7, 11) is 1.53. The van der Waals surface area contributed by atoms with E-state index in [4.69, 9.17) is 10.2 Å². The second-order valence-electron chi connectivity index (χ2n) is 10.3. The quantitative estimate of drug-likeness (QED) is 0.219. The lowest BCUT2D eigenvalue weighted by molar-refractivity contribution is 0.0945. The van der Waals surface area contributed by atoms with Crippen molar-refractivity contribution in [2.24, 2.45) is 11.7 Å². The van der Waals surface area contributed by atoms with Crippen molar-refractivity contribution in [2.45, 2.75) is 13.8 Å². The smallest absolute Gasteiger partial charge is 0.267 e. The summed E-state index contributed by atoms with van der Waals surface area (Å²) in [6.45, 7) is 4.51. The fraction of sp³-hybridized carbons (Fsp3) is 0.152. The number of nitrogens with one attached hydrogen (secondary N) is 2. The van der Waals surface area contributed by atoms with Crippen molar-refractivity contribution in [3.63, 3.8) is 0 Å². The molecule has 3 amide bonds. The lowest BCUT2D eigenvalue weighted by atomic mass is 9.94. The van der Waals surface area contributed by atoms with Crippen LogP contribution in [0.2, 0.25) is 0 Å². The minimum Gasteiger partial charge on any atom is -0.455 e. The molecule has 0 aliphatic heterocycles. The van der Waals surface area contributed by atoms with Gasteiger partial charge in [-0.1, -0.05) is 38.1 Å². The molecule has 8 nitrogen and oxygen atoms in total. The van der Waals surface area contributed by atoms with Gasteiger partial charge in [0.05, 0.1) is 5.56 Å². The number of fused-ring (bicyclic) bond motifs is 1. The first-order valence-electron chi connectivity index (χ1n) is 13.4. The number of aromatic nitrogens is 1.